The second-order valence-electron chi connectivity index (χ2n) is 5.56. The maximum Gasteiger partial charge on any atom is 0.211 e. The number of benzene rings is 1. The van der Waals surface area contributed by atoms with Crippen LogP contribution in [0.4, 0.5) is 0 Å². The van der Waals surface area contributed by atoms with E-state index in [9.17, 15) is 0 Å². The molecule has 0 unspecified atom stereocenters. The van der Waals surface area contributed by atoms with Gasteiger partial charge in [0.1, 0.15) is 5.76 Å². The molecule has 0 atom stereocenters. The van der Waals surface area contributed by atoms with Gasteiger partial charge in [0, 0.05) is 17.8 Å². The van der Waals surface area contributed by atoms with Gasteiger partial charge in [0.05, 0.1) is 24.7 Å². The monoisotopic (exact) mass is 360 g/mol. The Morgan fingerprint density at radius 3 is 2.65 bits per heavy atom. The van der Waals surface area contributed by atoms with Crippen LogP contribution in [0.2, 0.25) is 0 Å². The van der Waals surface area contributed by atoms with Crippen LogP contribution in [0.1, 0.15) is 11.3 Å². The van der Waals surface area contributed by atoms with Crippen LogP contribution in [-0.4, -0.2) is 15.8 Å². The lowest BCUT2D eigenvalue weighted by Gasteiger charge is -2.07. The quantitative estimate of drug-likeness (QED) is 0.396. The SMILES string of the molecule is C(=NN=c1scc(-c2ccccc2)n1Cc1ccco1)c1ccncc1. The zero-order chi connectivity index (χ0) is 17.6. The number of hydrogen-bond donors (Lipinski definition) is 0. The highest BCUT2D eigenvalue weighted by atomic mass is 32.1. The third-order valence-electron chi connectivity index (χ3n) is 3.82. The van der Waals surface area contributed by atoms with Gasteiger partial charge in [0.25, 0.3) is 0 Å². The summed E-state index contributed by atoms with van der Waals surface area (Å²) in [5.41, 5.74) is 3.18. The van der Waals surface area contributed by atoms with Gasteiger partial charge in [0.15, 0.2) is 0 Å². The second kappa shape index (κ2) is 7.76. The van der Waals surface area contributed by atoms with Crippen molar-refractivity contribution < 1.29 is 4.42 Å². The molecule has 3 heterocycles. The molecule has 0 fully saturated rings. The second-order valence-corrected chi connectivity index (χ2v) is 6.40. The third-order valence-corrected chi connectivity index (χ3v) is 4.67. The van der Waals surface area contributed by atoms with Crippen molar-refractivity contribution in [3.8, 4) is 11.3 Å². The highest BCUT2D eigenvalue weighted by Crippen LogP contribution is 2.20. The van der Waals surface area contributed by atoms with E-state index in [1.165, 1.54) is 0 Å². The van der Waals surface area contributed by atoms with Gasteiger partial charge in [-0.15, -0.1) is 16.4 Å². The van der Waals surface area contributed by atoms with E-state index < -0.39 is 0 Å². The Morgan fingerprint density at radius 2 is 1.88 bits per heavy atom. The summed E-state index contributed by atoms with van der Waals surface area (Å²) in [4.78, 5) is 4.81. The minimum atomic E-state index is 0.602. The molecule has 0 spiro atoms. The standard InChI is InChI=1S/C20H16N4OS/c1-2-5-17(6-3-1)19-15-26-20(24(19)14-18-7-4-12-25-18)23-22-13-16-8-10-21-11-9-16/h1-13,15H,14H2. The van der Waals surface area contributed by atoms with Gasteiger partial charge in [-0.1, -0.05) is 30.3 Å². The van der Waals surface area contributed by atoms with E-state index in [0.717, 1.165) is 27.4 Å². The van der Waals surface area contributed by atoms with Crippen molar-refractivity contribution in [3.63, 3.8) is 0 Å². The van der Waals surface area contributed by atoms with E-state index in [4.69, 9.17) is 4.42 Å². The molecule has 4 aromatic rings. The molecule has 6 heteroatoms. The molecule has 1 aromatic carbocycles. The zero-order valence-electron chi connectivity index (χ0n) is 13.9. The summed E-state index contributed by atoms with van der Waals surface area (Å²) >= 11 is 1.56. The highest BCUT2D eigenvalue weighted by molar-refractivity contribution is 7.07. The first kappa shape index (κ1) is 16.2. The normalized spacial score (nSPS) is 12.1. The molecular formula is C20H16N4OS. The van der Waals surface area contributed by atoms with Crippen molar-refractivity contribution in [3.05, 3.63) is 94.8 Å². The molecule has 0 aliphatic rings. The molecule has 4 rings (SSSR count). The highest BCUT2D eigenvalue weighted by Gasteiger charge is 2.09. The van der Waals surface area contributed by atoms with E-state index in [1.54, 1.807) is 36.2 Å². The molecule has 0 saturated carbocycles. The van der Waals surface area contributed by atoms with Crippen molar-refractivity contribution in [2.24, 2.45) is 10.2 Å². The summed E-state index contributed by atoms with van der Waals surface area (Å²) in [5.74, 6) is 0.875. The molecule has 0 amide bonds. The molecule has 0 aliphatic carbocycles. The molecule has 26 heavy (non-hydrogen) atoms. The first-order chi connectivity index (χ1) is 12.9. The van der Waals surface area contributed by atoms with Crippen molar-refractivity contribution in [1.82, 2.24) is 9.55 Å². The number of hydrogen-bond acceptors (Lipinski definition) is 5. The van der Waals surface area contributed by atoms with Crippen LogP contribution in [0.5, 0.6) is 0 Å². The number of aromatic nitrogens is 2. The molecule has 0 N–H and O–H groups in total. The first-order valence-electron chi connectivity index (χ1n) is 8.13. The summed E-state index contributed by atoms with van der Waals surface area (Å²) < 4.78 is 7.64. The van der Waals surface area contributed by atoms with Gasteiger partial charge in [-0.05, 0) is 35.4 Å². The molecule has 0 radical (unpaired) electrons. The fraction of sp³-hybridized carbons (Fsp3) is 0.0500. The molecule has 5 nitrogen and oxygen atoms in total. The minimum Gasteiger partial charge on any atom is -0.467 e. The lowest BCUT2D eigenvalue weighted by Crippen LogP contribution is -2.16. The van der Waals surface area contributed by atoms with Gasteiger partial charge >= 0.3 is 0 Å². The Labute approximate surface area is 154 Å². The number of furan rings is 1. The van der Waals surface area contributed by atoms with Crippen LogP contribution in [0, 0.1) is 0 Å². The Morgan fingerprint density at radius 1 is 1.04 bits per heavy atom. The summed E-state index contributed by atoms with van der Waals surface area (Å²) in [6.07, 6.45) is 6.87. The van der Waals surface area contributed by atoms with Crippen molar-refractivity contribution >= 4 is 17.6 Å². The Kier molecular flexibility index (Phi) is 4.84. The van der Waals surface area contributed by atoms with Crippen LogP contribution in [0.3, 0.4) is 0 Å². The zero-order valence-corrected chi connectivity index (χ0v) is 14.7. The van der Waals surface area contributed by atoms with E-state index in [-0.39, 0.29) is 0 Å². The number of rotatable bonds is 5. The topological polar surface area (TPSA) is 55.7 Å². The smallest absolute Gasteiger partial charge is 0.211 e. The largest absolute Gasteiger partial charge is 0.467 e. The lowest BCUT2D eigenvalue weighted by atomic mass is 10.2. The summed E-state index contributed by atoms with van der Waals surface area (Å²) in [7, 11) is 0. The predicted molar refractivity (Wildman–Crippen MR) is 103 cm³/mol. The molecule has 0 saturated heterocycles. The molecular weight excluding hydrogens is 344 g/mol. The maximum absolute atomic E-state index is 5.52. The molecule has 3 aromatic heterocycles. The summed E-state index contributed by atoms with van der Waals surface area (Å²) in [6, 6.07) is 17.9. The first-order valence-corrected chi connectivity index (χ1v) is 9.01. The predicted octanol–water partition coefficient (Wildman–Crippen LogP) is 4.19. The average molecular weight is 360 g/mol. The van der Waals surface area contributed by atoms with Crippen LogP contribution in [0.25, 0.3) is 11.3 Å². The number of pyridine rings is 1. The Hall–Kier alpha value is -3.25. The van der Waals surface area contributed by atoms with Crippen molar-refractivity contribution in [2.45, 2.75) is 6.54 Å². The summed E-state index contributed by atoms with van der Waals surface area (Å²) in [5, 5.41) is 10.8. The lowest BCUT2D eigenvalue weighted by molar-refractivity contribution is 0.491. The Bertz CT molecular complexity index is 1050. The van der Waals surface area contributed by atoms with Gasteiger partial charge in [-0.25, -0.2) is 0 Å². The van der Waals surface area contributed by atoms with Crippen molar-refractivity contribution in [2.75, 3.05) is 0 Å². The molecule has 0 aliphatic heterocycles. The van der Waals surface area contributed by atoms with Gasteiger partial charge in [-0.3, -0.25) is 4.98 Å². The average Bonchev–Trinajstić information content (AvgIpc) is 3.34. The van der Waals surface area contributed by atoms with E-state index >= 15 is 0 Å². The van der Waals surface area contributed by atoms with Crippen LogP contribution < -0.4 is 4.80 Å². The maximum atomic E-state index is 5.52. The van der Waals surface area contributed by atoms with Gasteiger partial charge in [-0.2, -0.15) is 5.10 Å². The van der Waals surface area contributed by atoms with Crippen LogP contribution in [-0.2, 0) is 6.54 Å². The van der Waals surface area contributed by atoms with Crippen molar-refractivity contribution in [1.29, 1.82) is 0 Å². The van der Waals surface area contributed by atoms with E-state index in [0.29, 0.717) is 6.54 Å². The van der Waals surface area contributed by atoms with Gasteiger partial charge < -0.3 is 8.98 Å². The van der Waals surface area contributed by atoms with E-state index in [2.05, 4.69) is 37.3 Å². The minimum absolute atomic E-state index is 0.602. The van der Waals surface area contributed by atoms with Crippen LogP contribution >= 0.6 is 11.3 Å². The fourth-order valence-electron chi connectivity index (χ4n) is 2.55. The summed E-state index contributed by atoms with van der Waals surface area (Å²) in [6.45, 7) is 0.602. The fourth-order valence-corrected chi connectivity index (χ4v) is 3.42. The Balaban J connectivity index is 1.73. The van der Waals surface area contributed by atoms with Gasteiger partial charge in [0.2, 0.25) is 4.80 Å². The molecule has 0 bridgehead atoms. The molecule has 128 valence electrons. The van der Waals surface area contributed by atoms with Crippen LogP contribution in [0.15, 0.2) is 93.3 Å². The third kappa shape index (κ3) is 3.70. The number of thiazole rings is 1. The number of nitrogens with zero attached hydrogens (tertiary/aromatic N) is 4. The van der Waals surface area contributed by atoms with E-state index in [1.807, 2.05) is 42.5 Å².